The number of hydrogen-bond donors (Lipinski definition) is 0. The number of hydrogen-bond acceptors (Lipinski definition) is 3. The number of imidazole rings is 1. The van der Waals surface area contributed by atoms with Crippen molar-refractivity contribution in [2.75, 3.05) is 6.26 Å². The highest BCUT2D eigenvalue weighted by Gasteiger charge is 2.10. The van der Waals surface area contributed by atoms with Crippen LogP contribution in [0.2, 0.25) is 0 Å². The zero-order valence-corrected chi connectivity index (χ0v) is 14.7. The van der Waals surface area contributed by atoms with Crippen molar-refractivity contribution in [3.05, 3.63) is 78.9 Å². The molecule has 0 aliphatic heterocycles. The minimum Gasteiger partial charge on any atom is -0.306 e. The average Bonchev–Trinajstić information content (AvgIpc) is 3.04. The molecule has 6 heteroatoms. The molecule has 4 aromatic rings. The van der Waals surface area contributed by atoms with Crippen molar-refractivity contribution in [3.8, 4) is 22.4 Å². The van der Waals surface area contributed by atoms with Gasteiger partial charge in [0.05, 0.1) is 10.6 Å². The smallest absolute Gasteiger partial charge is 0.175 e. The monoisotopic (exact) mass is 366 g/mol. The molecule has 0 aliphatic carbocycles. The Balaban J connectivity index is 1.71. The number of nitrogens with zero attached hydrogens (tertiary/aromatic N) is 2. The molecule has 0 atom stereocenters. The summed E-state index contributed by atoms with van der Waals surface area (Å²) in [6.07, 6.45) is 4.70. The fraction of sp³-hybridized carbons (Fsp3) is 0.0500. The van der Waals surface area contributed by atoms with Gasteiger partial charge in [0.1, 0.15) is 11.5 Å². The highest BCUT2D eigenvalue weighted by atomic mass is 32.2. The molecular formula is C20H15FN2O2S. The van der Waals surface area contributed by atoms with E-state index in [9.17, 15) is 12.8 Å². The number of aromatic nitrogens is 2. The maximum Gasteiger partial charge on any atom is 0.175 e. The standard InChI is InChI=1S/C20H15FN2O2S/c1-26(24,25)18-9-10-23-13-19(22-20(23)12-18)15-7-5-14(6-8-15)16-3-2-4-17(21)11-16/h2-13H,1H3. The molecule has 0 spiro atoms. The minimum atomic E-state index is -3.27. The second-order valence-corrected chi connectivity index (χ2v) is 8.13. The lowest BCUT2D eigenvalue weighted by atomic mass is 10.0. The van der Waals surface area contributed by atoms with Crippen LogP contribution in [0.25, 0.3) is 28.0 Å². The van der Waals surface area contributed by atoms with Gasteiger partial charge in [0, 0.05) is 30.3 Å². The number of rotatable bonds is 3. The van der Waals surface area contributed by atoms with Gasteiger partial charge in [-0.15, -0.1) is 0 Å². The molecule has 2 aromatic heterocycles. The van der Waals surface area contributed by atoms with Gasteiger partial charge >= 0.3 is 0 Å². The summed E-state index contributed by atoms with van der Waals surface area (Å²) in [6.45, 7) is 0. The van der Waals surface area contributed by atoms with Crippen LogP contribution in [0.3, 0.4) is 0 Å². The van der Waals surface area contributed by atoms with Crippen LogP contribution in [-0.4, -0.2) is 24.1 Å². The molecule has 0 aliphatic rings. The SMILES string of the molecule is CS(=O)(=O)c1ccn2cc(-c3ccc(-c4cccc(F)c4)cc3)nc2c1. The van der Waals surface area contributed by atoms with Crippen molar-refractivity contribution in [2.45, 2.75) is 4.90 Å². The first-order valence-electron chi connectivity index (χ1n) is 7.95. The van der Waals surface area contributed by atoms with Crippen molar-refractivity contribution in [1.29, 1.82) is 0 Å². The molecule has 0 saturated carbocycles. The molecule has 0 unspecified atom stereocenters. The zero-order chi connectivity index (χ0) is 18.3. The molecular weight excluding hydrogens is 351 g/mol. The molecule has 2 heterocycles. The van der Waals surface area contributed by atoms with Crippen LogP contribution in [0.15, 0.2) is 78.0 Å². The topological polar surface area (TPSA) is 51.4 Å². The summed E-state index contributed by atoms with van der Waals surface area (Å²) in [4.78, 5) is 4.75. The average molecular weight is 366 g/mol. The van der Waals surface area contributed by atoms with E-state index in [1.807, 2.05) is 36.5 Å². The third-order valence-corrected chi connectivity index (χ3v) is 5.31. The van der Waals surface area contributed by atoms with Gasteiger partial charge in [0.15, 0.2) is 9.84 Å². The molecule has 26 heavy (non-hydrogen) atoms. The molecule has 0 fully saturated rings. The van der Waals surface area contributed by atoms with Gasteiger partial charge in [-0.05, 0) is 29.3 Å². The predicted octanol–water partition coefficient (Wildman–Crippen LogP) is 4.21. The van der Waals surface area contributed by atoms with E-state index in [2.05, 4.69) is 4.98 Å². The Labute approximate surface area is 150 Å². The van der Waals surface area contributed by atoms with Crippen LogP contribution >= 0.6 is 0 Å². The van der Waals surface area contributed by atoms with Crippen molar-refractivity contribution in [2.24, 2.45) is 0 Å². The highest BCUT2D eigenvalue weighted by molar-refractivity contribution is 7.90. The lowest BCUT2D eigenvalue weighted by Gasteiger charge is -2.03. The Hall–Kier alpha value is -2.99. The largest absolute Gasteiger partial charge is 0.306 e. The first-order valence-corrected chi connectivity index (χ1v) is 9.84. The zero-order valence-electron chi connectivity index (χ0n) is 13.9. The van der Waals surface area contributed by atoms with Gasteiger partial charge in [-0.1, -0.05) is 36.4 Å². The van der Waals surface area contributed by atoms with Gasteiger partial charge in [-0.3, -0.25) is 0 Å². The third-order valence-electron chi connectivity index (χ3n) is 4.20. The molecule has 0 radical (unpaired) electrons. The Bertz CT molecular complexity index is 1210. The summed E-state index contributed by atoms with van der Waals surface area (Å²) in [5, 5.41) is 0. The maximum atomic E-state index is 13.4. The fourth-order valence-electron chi connectivity index (χ4n) is 2.83. The summed E-state index contributed by atoms with van der Waals surface area (Å²) in [6, 6.07) is 17.2. The van der Waals surface area contributed by atoms with Crippen LogP contribution in [0.1, 0.15) is 0 Å². The van der Waals surface area contributed by atoms with E-state index in [1.54, 1.807) is 28.8 Å². The number of halogens is 1. The lowest BCUT2D eigenvalue weighted by Crippen LogP contribution is -1.97. The normalized spacial score (nSPS) is 11.8. The Kier molecular flexibility index (Phi) is 3.85. The van der Waals surface area contributed by atoms with Crippen LogP contribution in [0.5, 0.6) is 0 Å². The minimum absolute atomic E-state index is 0.239. The quantitative estimate of drug-likeness (QED) is 0.546. The number of fused-ring (bicyclic) bond motifs is 1. The van der Waals surface area contributed by atoms with E-state index >= 15 is 0 Å². The summed E-state index contributed by atoms with van der Waals surface area (Å²) < 4.78 is 38.5. The van der Waals surface area contributed by atoms with E-state index in [0.29, 0.717) is 5.65 Å². The van der Waals surface area contributed by atoms with Crippen LogP contribution in [0.4, 0.5) is 4.39 Å². The van der Waals surface area contributed by atoms with Gasteiger partial charge in [-0.25, -0.2) is 17.8 Å². The molecule has 0 bridgehead atoms. The van der Waals surface area contributed by atoms with Crippen molar-refractivity contribution in [1.82, 2.24) is 9.38 Å². The molecule has 4 nitrogen and oxygen atoms in total. The number of benzene rings is 2. The highest BCUT2D eigenvalue weighted by Crippen LogP contribution is 2.25. The summed E-state index contributed by atoms with van der Waals surface area (Å²) in [5.74, 6) is -0.270. The first kappa shape index (κ1) is 16.5. The van der Waals surface area contributed by atoms with E-state index in [1.165, 1.54) is 18.4 Å². The molecule has 2 aromatic carbocycles. The molecule has 0 saturated heterocycles. The third kappa shape index (κ3) is 3.11. The Morgan fingerprint density at radius 2 is 1.65 bits per heavy atom. The van der Waals surface area contributed by atoms with E-state index in [4.69, 9.17) is 0 Å². The fourth-order valence-corrected chi connectivity index (χ4v) is 3.46. The van der Waals surface area contributed by atoms with E-state index in [0.717, 1.165) is 22.4 Å². The van der Waals surface area contributed by atoms with Crippen molar-refractivity contribution in [3.63, 3.8) is 0 Å². The van der Waals surface area contributed by atoms with Crippen molar-refractivity contribution < 1.29 is 12.8 Å². The van der Waals surface area contributed by atoms with E-state index in [-0.39, 0.29) is 10.7 Å². The summed E-state index contributed by atoms with van der Waals surface area (Å²) >= 11 is 0. The number of sulfone groups is 1. The second kappa shape index (κ2) is 6.07. The molecule has 0 N–H and O–H groups in total. The van der Waals surface area contributed by atoms with Gasteiger partial charge in [0.2, 0.25) is 0 Å². The van der Waals surface area contributed by atoms with Crippen LogP contribution < -0.4 is 0 Å². The Morgan fingerprint density at radius 3 is 2.35 bits per heavy atom. The second-order valence-electron chi connectivity index (χ2n) is 6.11. The Morgan fingerprint density at radius 1 is 0.923 bits per heavy atom. The summed E-state index contributed by atoms with van der Waals surface area (Å²) in [7, 11) is -3.27. The van der Waals surface area contributed by atoms with E-state index < -0.39 is 9.84 Å². The van der Waals surface area contributed by atoms with Crippen molar-refractivity contribution >= 4 is 15.5 Å². The molecule has 130 valence electrons. The number of pyridine rings is 1. The predicted molar refractivity (Wildman–Crippen MR) is 99.1 cm³/mol. The van der Waals surface area contributed by atoms with Crippen LogP contribution in [0, 0.1) is 5.82 Å². The maximum absolute atomic E-state index is 13.4. The summed E-state index contributed by atoms with van der Waals surface area (Å²) in [5.41, 5.74) is 3.93. The molecule has 4 rings (SSSR count). The lowest BCUT2D eigenvalue weighted by molar-refractivity contribution is 0.601. The first-order chi connectivity index (χ1) is 12.4. The van der Waals surface area contributed by atoms with Gasteiger partial charge in [0.25, 0.3) is 0 Å². The van der Waals surface area contributed by atoms with Gasteiger partial charge < -0.3 is 4.40 Å². The van der Waals surface area contributed by atoms with Crippen LogP contribution in [-0.2, 0) is 9.84 Å². The van der Waals surface area contributed by atoms with Gasteiger partial charge in [-0.2, -0.15) is 0 Å². The molecule has 0 amide bonds.